The number of carbonyl (C=O) groups excluding carboxylic acids is 2. The van der Waals surface area contributed by atoms with E-state index >= 15 is 0 Å². The van der Waals surface area contributed by atoms with E-state index in [-0.39, 0.29) is 30.4 Å². The van der Waals surface area contributed by atoms with Gasteiger partial charge in [-0.3, -0.25) is 4.79 Å². The zero-order valence-electron chi connectivity index (χ0n) is 20.5. The third-order valence-corrected chi connectivity index (χ3v) is 7.11. The number of rotatable bonds is 6. The van der Waals surface area contributed by atoms with Crippen LogP contribution in [0.15, 0.2) is 48.5 Å². The van der Waals surface area contributed by atoms with Gasteiger partial charge in [0, 0.05) is 17.9 Å². The third-order valence-electron chi connectivity index (χ3n) is 7.11. The molecule has 7 nitrogen and oxygen atoms in total. The van der Waals surface area contributed by atoms with Gasteiger partial charge in [-0.2, -0.15) is 0 Å². The van der Waals surface area contributed by atoms with Crippen LogP contribution < -0.4 is 10.6 Å². The van der Waals surface area contributed by atoms with Gasteiger partial charge in [-0.1, -0.05) is 75.7 Å². The summed E-state index contributed by atoms with van der Waals surface area (Å²) >= 11 is 0. The number of carbonyl (C=O) groups is 3. The first-order valence-corrected chi connectivity index (χ1v) is 12.3. The summed E-state index contributed by atoms with van der Waals surface area (Å²) in [4.78, 5) is 37.1. The summed E-state index contributed by atoms with van der Waals surface area (Å²) in [5.41, 5.74) is 4.06. The lowest BCUT2D eigenvalue weighted by molar-refractivity contribution is -0.145. The molecule has 0 radical (unpaired) electrons. The Hall–Kier alpha value is -3.35. The van der Waals surface area contributed by atoms with Gasteiger partial charge >= 0.3 is 12.1 Å². The molecule has 7 heteroatoms. The number of carboxylic acid groups (broad SMARTS) is 1. The van der Waals surface area contributed by atoms with Crippen LogP contribution in [0.25, 0.3) is 11.1 Å². The van der Waals surface area contributed by atoms with Gasteiger partial charge in [0.05, 0.1) is 0 Å². The summed E-state index contributed by atoms with van der Waals surface area (Å²) in [6.45, 7) is 5.60. The number of fused-ring (bicyclic) bond motifs is 3. The van der Waals surface area contributed by atoms with Crippen LogP contribution in [-0.2, 0) is 14.3 Å². The van der Waals surface area contributed by atoms with Crippen LogP contribution in [0.3, 0.4) is 0 Å². The standard InChI is InChI=1S/C28H34N2O5/c1-28(2,3)24(26(32)33)30-25(31)17-9-8-10-18(15-17)29-27(34)35-16-23-21-13-6-4-11-19(21)20-12-5-7-14-22(20)23/h4-7,11-14,17-18,23-24H,8-10,15-16H2,1-3H3,(H,29,34)(H,30,31)(H,32,33)/t17-,18+,24+/m0/s1. The molecular formula is C28H34N2O5. The van der Waals surface area contributed by atoms with Gasteiger partial charge in [0.15, 0.2) is 0 Å². The molecule has 3 atom stereocenters. The van der Waals surface area contributed by atoms with Gasteiger partial charge in [0.25, 0.3) is 0 Å². The van der Waals surface area contributed by atoms with E-state index in [0.29, 0.717) is 12.8 Å². The fraction of sp³-hybridized carbons (Fsp3) is 0.464. The van der Waals surface area contributed by atoms with E-state index in [1.54, 1.807) is 20.8 Å². The molecule has 0 aliphatic heterocycles. The van der Waals surface area contributed by atoms with E-state index in [9.17, 15) is 19.5 Å². The van der Waals surface area contributed by atoms with Crippen molar-refractivity contribution in [3.8, 4) is 11.1 Å². The number of carboxylic acids is 1. The molecule has 0 saturated heterocycles. The fourth-order valence-electron chi connectivity index (χ4n) is 5.27. The molecular weight excluding hydrogens is 444 g/mol. The zero-order valence-corrected chi connectivity index (χ0v) is 20.5. The predicted octanol–water partition coefficient (Wildman–Crippen LogP) is 4.70. The van der Waals surface area contributed by atoms with Crippen LogP contribution in [0, 0.1) is 11.3 Å². The molecule has 1 fully saturated rings. The second-order valence-electron chi connectivity index (χ2n) is 10.7. The van der Waals surface area contributed by atoms with Crippen LogP contribution in [0.4, 0.5) is 4.79 Å². The monoisotopic (exact) mass is 478 g/mol. The summed E-state index contributed by atoms with van der Waals surface area (Å²) in [5, 5.41) is 15.1. The molecule has 2 amide bonds. The Balaban J connectivity index is 1.33. The minimum atomic E-state index is -1.05. The molecule has 186 valence electrons. The number of aliphatic carboxylic acids is 1. The van der Waals surface area contributed by atoms with Gasteiger partial charge in [-0.05, 0) is 46.9 Å². The van der Waals surface area contributed by atoms with Crippen molar-refractivity contribution in [3.63, 3.8) is 0 Å². The average molecular weight is 479 g/mol. The number of hydrogen-bond donors (Lipinski definition) is 3. The Morgan fingerprint density at radius 1 is 1.00 bits per heavy atom. The lowest BCUT2D eigenvalue weighted by atomic mass is 9.83. The van der Waals surface area contributed by atoms with Crippen LogP contribution in [0.5, 0.6) is 0 Å². The van der Waals surface area contributed by atoms with E-state index < -0.39 is 23.5 Å². The molecule has 0 unspecified atom stereocenters. The molecule has 0 heterocycles. The molecule has 4 rings (SSSR count). The van der Waals surface area contributed by atoms with Gasteiger partial charge in [0.2, 0.25) is 5.91 Å². The van der Waals surface area contributed by atoms with Gasteiger partial charge in [-0.25, -0.2) is 9.59 Å². The number of nitrogens with one attached hydrogen (secondary N) is 2. The van der Waals surface area contributed by atoms with Crippen molar-refractivity contribution in [2.24, 2.45) is 11.3 Å². The summed E-state index contributed by atoms with van der Waals surface area (Å²) in [5.74, 6) is -1.67. The first-order valence-electron chi connectivity index (χ1n) is 12.3. The van der Waals surface area contributed by atoms with Crippen molar-refractivity contribution < 1.29 is 24.2 Å². The molecule has 1 saturated carbocycles. The highest BCUT2D eigenvalue weighted by molar-refractivity contribution is 5.85. The predicted molar refractivity (Wildman–Crippen MR) is 133 cm³/mol. The maximum absolute atomic E-state index is 12.8. The molecule has 0 aromatic heterocycles. The normalized spacial score (nSPS) is 20.3. The molecule has 2 aromatic rings. The van der Waals surface area contributed by atoms with E-state index in [4.69, 9.17) is 4.74 Å². The Labute approximate surface area is 206 Å². The van der Waals surface area contributed by atoms with E-state index in [2.05, 4.69) is 34.9 Å². The molecule has 2 aliphatic carbocycles. The molecule has 35 heavy (non-hydrogen) atoms. The number of amides is 2. The van der Waals surface area contributed by atoms with Crippen LogP contribution in [0.2, 0.25) is 0 Å². The summed E-state index contributed by atoms with van der Waals surface area (Å²) in [6.07, 6.45) is 2.18. The van der Waals surface area contributed by atoms with Crippen LogP contribution in [-0.4, -0.2) is 41.8 Å². The van der Waals surface area contributed by atoms with Gasteiger partial charge in [0.1, 0.15) is 12.6 Å². The largest absolute Gasteiger partial charge is 0.480 e. The van der Waals surface area contributed by atoms with Crippen molar-refractivity contribution in [1.82, 2.24) is 10.6 Å². The van der Waals surface area contributed by atoms with E-state index in [1.165, 1.54) is 11.1 Å². The molecule has 2 aromatic carbocycles. The Bertz CT molecular complexity index is 1060. The first kappa shape index (κ1) is 24.8. The quantitative estimate of drug-likeness (QED) is 0.558. The second-order valence-corrected chi connectivity index (χ2v) is 10.7. The van der Waals surface area contributed by atoms with Crippen molar-refractivity contribution in [2.45, 2.75) is 64.5 Å². The second kappa shape index (κ2) is 10.1. The zero-order chi connectivity index (χ0) is 25.2. The summed E-state index contributed by atoms with van der Waals surface area (Å²) in [7, 11) is 0. The fourth-order valence-corrected chi connectivity index (χ4v) is 5.27. The minimum Gasteiger partial charge on any atom is -0.480 e. The van der Waals surface area contributed by atoms with Crippen molar-refractivity contribution in [1.29, 1.82) is 0 Å². The minimum absolute atomic E-state index is 0.0108. The van der Waals surface area contributed by atoms with E-state index in [0.717, 1.165) is 24.0 Å². The number of hydrogen-bond acceptors (Lipinski definition) is 4. The lowest BCUT2D eigenvalue weighted by Crippen LogP contribution is -2.52. The molecule has 0 bridgehead atoms. The number of benzene rings is 2. The first-order chi connectivity index (χ1) is 16.6. The van der Waals surface area contributed by atoms with Crippen molar-refractivity contribution in [3.05, 3.63) is 59.7 Å². The third kappa shape index (κ3) is 5.50. The Morgan fingerprint density at radius 2 is 1.60 bits per heavy atom. The molecule has 0 spiro atoms. The van der Waals surface area contributed by atoms with Crippen molar-refractivity contribution in [2.75, 3.05) is 6.61 Å². The molecule has 2 aliphatic rings. The highest BCUT2D eigenvalue weighted by atomic mass is 16.5. The van der Waals surface area contributed by atoms with E-state index in [1.807, 2.05) is 24.3 Å². The van der Waals surface area contributed by atoms with Crippen LogP contribution in [0.1, 0.15) is 63.5 Å². The summed E-state index contributed by atoms with van der Waals surface area (Å²) < 4.78 is 5.65. The number of ether oxygens (including phenoxy) is 1. The smallest absolute Gasteiger partial charge is 0.407 e. The van der Waals surface area contributed by atoms with Crippen molar-refractivity contribution >= 4 is 18.0 Å². The SMILES string of the molecule is CC(C)(C)[C@H](NC(=O)[C@H]1CCC[C@@H](NC(=O)OCC2c3ccccc3-c3ccccc32)C1)C(=O)O. The highest BCUT2D eigenvalue weighted by Crippen LogP contribution is 2.44. The maximum Gasteiger partial charge on any atom is 0.407 e. The van der Waals surface area contributed by atoms with Crippen LogP contribution >= 0.6 is 0 Å². The summed E-state index contributed by atoms with van der Waals surface area (Å²) in [6, 6.07) is 15.2. The maximum atomic E-state index is 12.8. The Kier molecular flexibility index (Phi) is 7.15. The Morgan fingerprint density at radius 3 is 2.17 bits per heavy atom. The van der Waals surface area contributed by atoms with Gasteiger partial charge in [-0.15, -0.1) is 0 Å². The lowest BCUT2D eigenvalue weighted by Gasteiger charge is -2.32. The topological polar surface area (TPSA) is 105 Å². The number of alkyl carbamates (subject to hydrolysis) is 1. The van der Waals surface area contributed by atoms with Gasteiger partial charge < -0.3 is 20.5 Å². The average Bonchev–Trinajstić information content (AvgIpc) is 3.14. The highest BCUT2D eigenvalue weighted by Gasteiger charge is 2.36. The molecule has 3 N–H and O–H groups in total.